The zero-order chi connectivity index (χ0) is 19.7. The van der Waals surface area contributed by atoms with Crippen molar-refractivity contribution < 1.29 is 4.79 Å². The van der Waals surface area contributed by atoms with E-state index in [9.17, 15) is 4.79 Å². The van der Waals surface area contributed by atoms with Crippen molar-refractivity contribution in [3.63, 3.8) is 0 Å². The fourth-order valence-electron chi connectivity index (χ4n) is 3.10. The minimum absolute atomic E-state index is 0.0892. The summed E-state index contributed by atoms with van der Waals surface area (Å²) in [5.74, 6) is 0.772. The van der Waals surface area contributed by atoms with Gasteiger partial charge in [0.2, 0.25) is 5.91 Å². The van der Waals surface area contributed by atoms with Crippen LogP contribution in [-0.2, 0) is 11.8 Å². The number of hydrogen-bond acceptors (Lipinski definition) is 5. The highest BCUT2D eigenvalue weighted by Gasteiger charge is 2.16. The zero-order valence-electron chi connectivity index (χ0n) is 16.1. The Morgan fingerprint density at radius 3 is 2.63 bits per heavy atom. The molecule has 2 N–H and O–H groups in total. The average Bonchev–Trinajstić information content (AvgIpc) is 2.85. The molecule has 0 spiro atoms. The van der Waals surface area contributed by atoms with Gasteiger partial charge in [0.1, 0.15) is 11.0 Å². The number of carbonyl (C=O) groups excluding carboxylic acids is 1. The smallest absolute Gasteiger partial charge is 0.243 e. The van der Waals surface area contributed by atoms with Crippen molar-refractivity contribution in [3.8, 4) is 0 Å². The summed E-state index contributed by atoms with van der Waals surface area (Å²) in [5, 5.41) is 11.8. The second-order valence-electron chi connectivity index (χ2n) is 6.88. The van der Waals surface area contributed by atoms with Crippen LogP contribution in [0.3, 0.4) is 0 Å². The fraction of sp³-hybridized carbons (Fsp3) is 0.368. The van der Waals surface area contributed by atoms with Crippen LogP contribution in [0.1, 0.15) is 36.7 Å². The van der Waals surface area contributed by atoms with E-state index in [0.29, 0.717) is 22.6 Å². The highest BCUT2D eigenvalue weighted by atomic mass is 35.5. The molecule has 3 aromatic heterocycles. The molecule has 0 aliphatic carbocycles. The molecule has 0 aromatic carbocycles. The number of nitrogens with one attached hydrogen (secondary N) is 2. The number of amides is 1. The third-order valence-corrected chi connectivity index (χ3v) is 4.45. The number of pyridine rings is 2. The van der Waals surface area contributed by atoms with Crippen molar-refractivity contribution in [2.75, 3.05) is 17.2 Å². The van der Waals surface area contributed by atoms with E-state index < -0.39 is 0 Å². The van der Waals surface area contributed by atoms with Gasteiger partial charge in [0.15, 0.2) is 5.65 Å². The summed E-state index contributed by atoms with van der Waals surface area (Å²) < 4.78 is 1.77. The summed E-state index contributed by atoms with van der Waals surface area (Å²) in [7, 11) is 1.87. The van der Waals surface area contributed by atoms with Crippen molar-refractivity contribution in [2.24, 2.45) is 7.05 Å². The first-order valence-corrected chi connectivity index (χ1v) is 9.14. The first-order valence-electron chi connectivity index (χ1n) is 8.76. The van der Waals surface area contributed by atoms with E-state index in [1.165, 1.54) is 0 Å². The van der Waals surface area contributed by atoms with Gasteiger partial charge in [-0.25, -0.2) is 9.97 Å². The first kappa shape index (κ1) is 19.1. The van der Waals surface area contributed by atoms with Gasteiger partial charge in [-0.1, -0.05) is 25.4 Å². The lowest BCUT2D eigenvalue weighted by molar-refractivity contribution is -0.114. The number of aryl methyl sites for hydroxylation is 3. The summed E-state index contributed by atoms with van der Waals surface area (Å²) in [5.41, 5.74) is 4.28. The molecule has 27 heavy (non-hydrogen) atoms. The molecule has 0 bridgehead atoms. The van der Waals surface area contributed by atoms with E-state index in [1.54, 1.807) is 16.8 Å². The van der Waals surface area contributed by atoms with Crippen LogP contribution < -0.4 is 10.6 Å². The molecule has 8 heteroatoms. The third-order valence-electron chi connectivity index (χ3n) is 4.26. The molecule has 0 aliphatic heterocycles. The molecule has 0 radical (unpaired) electrons. The predicted octanol–water partition coefficient (Wildman–Crippen LogP) is 3.81. The van der Waals surface area contributed by atoms with Crippen molar-refractivity contribution >= 4 is 40.0 Å². The summed E-state index contributed by atoms with van der Waals surface area (Å²) in [6.07, 6.45) is 0. The summed E-state index contributed by atoms with van der Waals surface area (Å²) in [6, 6.07) is 5.37. The van der Waals surface area contributed by atoms with Gasteiger partial charge in [-0.3, -0.25) is 9.48 Å². The number of fused-ring (bicyclic) bond motifs is 1. The van der Waals surface area contributed by atoms with Gasteiger partial charge in [0.25, 0.3) is 0 Å². The van der Waals surface area contributed by atoms with Crippen molar-refractivity contribution in [2.45, 2.75) is 33.6 Å². The van der Waals surface area contributed by atoms with Crippen LogP contribution in [0.2, 0.25) is 5.15 Å². The summed E-state index contributed by atoms with van der Waals surface area (Å²) in [6.45, 7) is 8.16. The summed E-state index contributed by atoms with van der Waals surface area (Å²) in [4.78, 5) is 21.0. The Hall–Kier alpha value is -2.67. The molecule has 0 saturated heterocycles. The molecular formula is C19H23ClN6O. The molecule has 3 aromatic rings. The Bertz CT molecular complexity index is 991. The van der Waals surface area contributed by atoms with E-state index in [2.05, 4.69) is 39.5 Å². The minimum Gasteiger partial charge on any atom is -0.361 e. The highest BCUT2D eigenvalue weighted by molar-refractivity contribution is 6.29. The minimum atomic E-state index is -0.189. The second kappa shape index (κ2) is 7.52. The average molecular weight is 387 g/mol. The van der Waals surface area contributed by atoms with Crippen molar-refractivity contribution in [1.82, 2.24) is 19.7 Å². The van der Waals surface area contributed by atoms with E-state index in [4.69, 9.17) is 11.6 Å². The molecule has 0 atom stereocenters. The van der Waals surface area contributed by atoms with Gasteiger partial charge in [0, 0.05) is 23.8 Å². The Kier molecular flexibility index (Phi) is 5.32. The monoisotopic (exact) mass is 386 g/mol. The number of carbonyl (C=O) groups is 1. The largest absolute Gasteiger partial charge is 0.361 e. The molecule has 3 heterocycles. The second-order valence-corrected chi connectivity index (χ2v) is 7.27. The van der Waals surface area contributed by atoms with Crippen LogP contribution in [0.25, 0.3) is 11.0 Å². The van der Waals surface area contributed by atoms with Gasteiger partial charge in [-0.15, -0.1) is 0 Å². The van der Waals surface area contributed by atoms with Gasteiger partial charge in [-0.2, -0.15) is 5.10 Å². The van der Waals surface area contributed by atoms with Crippen molar-refractivity contribution in [3.05, 3.63) is 40.3 Å². The van der Waals surface area contributed by atoms with Crippen LogP contribution in [0.5, 0.6) is 0 Å². The number of anilines is 2. The van der Waals surface area contributed by atoms with Crippen LogP contribution in [-0.4, -0.2) is 32.2 Å². The Morgan fingerprint density at radius 1 is 1.22 bits per heavy atom. The molecule has 0 aliphatic rings. The summed E-state index contributed by atoms with van der Waals surface area (Å²) >= 11 is 5.93. The number of rotatable bonds is 5. The first-order chi connectivity index (χ1) is 12.7. The van der Waals surface area contributed by atoms with Crippen LogP contribution in [0.15, 0.2) is 18.2 Å². The normalized spacial score (nSPS) is 11.2. The lowest BCUT2D eigenvalue weighted by atomic mass is 10.00. The number of nitrogens with zero attached hydrogens (tertiary/aromatic N) is 4. The molecule has 0 unspecified atom stereocenters. The molecule has 0 fully saturated rings. The maximum atomic E-state index is 12.3. The number of hydrogen-bond donors (Lipinski definition) is 2. The van der Waals surface area contributed by atoms with Gasteiger partial charge in [-0.05, 0) is 43.5 Å². The standard InChI is InChI=1S/C19H23ClN6O/c1-10(2)14-8-16(24-19-18(14)12(4)25-26(19)5)21-9-17(27)23-13-6-11(3)22-15(20)7-13/h6-8,10H,9H2,1-5H3,(H,21,24)(H,22,23,27). The fourth-order valence-corrected chi connectivity index (χ4v) is 3.35. The molecule has 0 saturated carbocycles. The third kappa shape index (κ3) is 4.19. The van der Waals surface area contributed by atoms with Gasteiger partial charge < -0.3 is 10.6 Å². The number of aromatic nitrogens is 4. The topological polar surface area (TPSA) is 84.7 Å². The number of halogens is 1. The SMILES string of the molecule is Cc1cc(NC(=O)CNc2cc(C(C)C)c3c(C)nn(C)c3n2)cc(Cl)n1. The van der Waals surface area contributed by atoms with Crippen LogP contribution in [0, 0.1) is 13.8 Å². The van der Waals surface area contributed by atoms with Crippen molar-refractivity contribution in [1.29, 1.82) is 0 Å². The quantitative estimate of drug-likeness (QED) is 0.651. The van der Waals surface area contributed by atoms with Crippen LogP contribution in [0.4, 0.5) is 11.5 Å². The zero-order valence-corrected chi connectivity index (χ0v) is 16.8. The van der Waals surface area contributed by atoms with E-state index in [1.807, 2.05) is 27.0 Å². The van der Waals surface area contributed by atoms with E-state index in [-0.39, 0.29) is 12.5 Å². The molecule has 7 nitrogen and oxygen atoms in total. The van der Waals surface area contributed by atoms with Gasteiger partial charge in [0.05, 0.1) is 12.2 Å². The van der Waals surface area contributed by atoms with Crippen LogP contribution >= 0.6 is 11.6 Å². The van der Waals surface area contributed by atoms with E-state index in [0.717, 1.165) is 28.0 Å². The predicted molar refractivity (Wildman–Crippen MR) is 108 cm³/mol. The molecular weight excluding hydrogens is 364 g/mol. The maximum Gasteiger partial charge on any atom is 0.243 e. The Labute approximate surface area is 163 Å². The highest BCUT2D eigenvalue weighted by Crippen LogP contribution is 2.29. The van der Waals surface area contributed by atoms with E-state index >= 15 is 0 Å². The Balaban J connectivity index is 1.78. The molecule has 142 valence electrons. The lowest BCUT2D eigenvalue weighted by Gasteiger charge is -2.12. The maximum absolute atomic E-state index is 12.3. The lowest BCUT2D eigenvalue weighted by Crippen LogP contribution is -2.22. The van der Waals surface area contributed by atoms with Gasteiger partial charge >= 0.3 is 0 Å². The molecule has 1 amide bonds. The molecule has 3 rings (SSSR count). The Morgan fingerprint density at radius 2 is 1.96 bits per heavy atom.